The number of aryl methyl sites for hydroxylation is 1. The normalized spacial score (nSPS) is 11.3. The fourth-order valence-electron chi connectivity index (χ4n) is 0.916. The molecule has 1 aromatic rings. The van der Waals surface area contributed by atoms with E-state index in [1.165, 1.54) is 13.0 Å². The second-order valence-corrected chi connectivity index (χ2v) is 3.72. The number of carbonyl (C=O) groups is 1. The largest absolute Gasteiger partial charge is 0.574 e. The predicted molar refractivity (Wildman–Crippen MR) is 53.8 cm³/mol. The summed E-state index contributed by atoms with van der Waals surface area (Å²) >= 11 is 1.58. The Bertz CT molecular complexity index is 392. The summed E-state index contributed by atoms with van der Waals surface area (Å²) in [5, 5.41) is 0. The van der Waals surface area contributed by atoms with Gasteiger partial charge in [0.2, 0.25) is 5.88 Å². The van der Waals surface area contributed by atoms with Crippen LogP contribution in [0, 0.1) is 10.5 Å². The van der Waals surface area contributed by atoms with Crippen molar-refractivity contribution in [3.63, 3.8) is 0 Å². The maximum Gasteiger partial charge on any atom is 0.574 e. The van der Waals surface area contributed by atoms with Gasteiger partial charge in [-0.15, -0.1) is 13.2 Å². The molecule has 1 rings (SSSR count). The Kier molecular flexibility index (Phi) is 3.53. The van der Waals surface area contributed by atoms with E-state index < -0.39 is 12.2 Å². The molecular formula is C8H5F3INO2. The molecule has 0 aromatic carbocycles. The predicted octanol–water partition coefficient (Wildman–Crippen LogP) is 2.71. The maximum absolute atomic E-state index is 11.9. The first-order valence-electron chi connectivity index (χ1n) is 3.71. The van der Waals surface area contributed by atoms with Gasteiger partial charge >= 0.3 is 6.36 Å². The molecular weight excluding hydrogens is 326 g/mol. The molecule has 0 N–H and O–H groups in total. The molecule has 82 valence electrons. The Balaban J connectivity index is 3.18. The van der Waals surface area contributed by atoms with Gasteiger partial charge in [-0.1, -0.05) is 0 Å². The molecule has 0 bridgehead atoms. The van der Waals surface area contributed by atoms with Gasteiger partial charge in [-0.3, -0.25) is 4.79 Å². The fourth-order valence-corrected chi connectivity index (χ4v) is 1.43. The lowest BCUT2D eigenvalue weighted by atomic mass is 10.2. The van der Waals surface area contributed by atoms with E-state index in [4.69, 9.17) is 0 Å². The highest BCUT2D eigenvalue weighted by Gasteiger charge is 2.33. The highest BCUT2D eigenvalue weighted by Crippen LogP contribution is 2.27. The van der Waals surface area contributed by atoms with E-state index in [0.29, 0.717) is 6.29 Å². The quantitative estimate of drug-likeness (QED) is 0.618. The van der Waals surface area contributed by atoms with Crippen LogP contribution in [0.25, 0.3) is 0 Å². The number of ether oxygens (including phenoxy) is 1. The number of nitrogens with zero attached hydrogens (tertiary/aromatic N) is 1. The van der Waals surface area contributed by atoms with Crippen molar-refractivity contribution >= 4 is 28.9 Å². The van der Waals surface area contributed by atoms with Crippen molar-refractivity contribution in [2.75, 3.05) is 0 Å². The number of aldehydes is 1. The zero-order valence-corrected chi connectivity index (χ0v) is 9.59. The summed E-state index contributed by atoms with van der Waals surface area (Å²) in [5.41, 5.74) is 0.416. The minimum absolute atomic E-state index is 0.0468. The minimum Gasteiger partial charge on any atom is -0.387 e. The van der Waals surface area contributed by atoms with E-state index in [-0.39, 0.29) is 14.8 Å². The third-order valence-corrected chi connectivity index (χ3v) is 2.51. The standard InChI is InChI=1S/C8H5F3INO2/c1-4-2-5(3-14)6(12)7(13-4)15-8(9,10)11/h2-3H,1H3. The number of pyridine rings is 1. The van der Waals surface area contributed by atoms with Gasteiger partial charge in [0.1, 0.15) is 0 Å². The molecule has 0 atom stereocenters. The Labute approximate surface area is 96.8 Å². The summed E-state index contributed by atoms with van der Waals surface area (Å²) in [6.07, 6.45) is -4.35. The lowest BCUT2D eigenvalue weighted by molar-refractivity contribution is -0.276. The number of alkyl halides is 3. The molecule has 0 aliphatic rings. The van der Waals surface area contributed by atoms with Crippen LogP contribution < -0.4 is 4.74 Å². The summed E-state index contributed by atoms with van der Waals surface area (Å²) in [5.74, 6) is -0.592. The zero-order valence-electron chi connectivity index (χ0n) is 7.43. The van der Waals surface area contributed by atoms with Crippen LogP contribution in [-0.2, 0) is 0 Å². The second-order valence-electron chi connectivity index (χ2n) is 2.64. The van der Waals surface area contributed by atoms with Gasteiger partial charge in [0.15, 0.2) is 6.29 Å². The van der Waals surface area contributed by atoms with Crippen LogP contribution in [-0.4, -0.2) is 17.6 Å². The monoisotopic (exact) mass is 331 g/mol. The van der Waals surface area contributed by atoms with Gasteiger partial charge in [0.25, 0.3) is 0 Å². The Hall–Kier alpha value is -0.860. The van der Waals surface area contributed by atoms with Gasteiger partial charge in [0, 0.05) is 11.3 Å². The molecule has 0 aliphatic heterocycles. The molecule has 15 heavy (non-hydrogen) atoms. The average Bonchev–Trinajstić information content (AvgIpc) is 2.08. The Morgan fingerprint density at radius 3 is 2.60 bits per heavy atom. The highest BCUT2D eigenvalue weighted by atomic mass is 127. The van der Waals surface area contributed by atoms with Crippen molar-refractivity contribution in [2.24, 2.45) is 0 Å². The maximum atomic E-state index is 11.9. The van der Waals surface area contributed by atoms with Gasteiger partial charge < -0.3 is 4.74 Å². The van der Waals surface area contributed by atoms with E-state index in [9.17, 15) is 18.0 Å². The van der Waals surface area contributed by atoms with Crippen LogP contribution >= 0.6 is 22.6 Å². The molecule has 0 spiro atoms. The zero-order chi connectivity index (χ0) is 11.6. The van der Waals surface area contributed by atoms with Crippen LogP contribution in [0.3, 0.4) is 0 Å². The summed E-state index contributed by atoms with van der Waals surface area (Å²) in [6, 6.07) is 1.39. The van der Waals surface area contributed by atoms with Gasteiger partial charge in [0.05, 0.1) is 3.57 Å². The molecule has 0 saturated carbocycles. The number of rotatable bonds is 2. The van der Waals surface area contributed by atoms with Crippen LogP contribution in [0.1, 0.15) is 16.1 Å². The van der Waals surface area contributed by atoms with Crippen molar-refractivity contribution in [2.45, 2.75) is 13.3 Å². The first-order chi connectivity index (χ1) is 6.83. The van der Waals surface area contributed by atoms with Crippen LogP contribution in [0.15, 0.2) is 6.07 Å². The molecule has 0 amide bonds. The molecule has 0 saturated heterocycles. The summed E-state index contributed by atoms with van der Waals surface area (Å²) < 4.78 is 39.5. The first-order valence-corrected chi connectivity index (χ1v) is 4.79. The molecule has 0 radical (unpaired) electrons. The van der Waals surface area contributed by atoms with E-state index in [1.807, 2.05) is 0 Å². The Morgan fingerprint density at radius 2 is 2.13 bits per heavy atom. The lowest BCUT2D eigenvalue weighted by Crippen LogP contribution is -2.19. The van der Waals surface area contributed by atoms with Crippen molar-refractivity contribution in [3.8, 4) is 5.88 Å². The van der Waals surface area contributed by atoms with Crippen molar-refractivity contribution in [3.05, 3.63) is 20.9 Å². The number of aromatic nitrogens is 1. The molecule has 0 fully saturated rings. The number of hydrogen-bond donors (Lipinski definition) is 0. The topological polar surface area (TPSA) is 39.2 Å². The van der Waals surface area contributed by atoms with Gasteiger partial charge in [-0.25, -0.2) is 4.98 Å². The highest BCUT2D eigenvalue weighted by molar-refractivity contribution is 14.1. The summed E-state index contributed by atoms with van der Waals surface area (Å²) in [7, 11) is 0. The lowest BCUT2D eigenvalue weighted by Gasteiger charge is -2.10. The first kappa shape index (κ1) is 12.2. The molecule has 1 heterocycles. The molecule has 0 unspecified atom stereocenters. The number of hydrogen-bond acceptors (Lipinski definition) is 3. The second kappa shape index (κ2) is 4.33. The van der Waals surface area contributed by atoms with Crippen LogP contribution in [0.5, 0.6) is 5.88 Å². The van der Waals surface area contributed by atoms with E-state index in [2.05, 4.69) is 9.72 Å². The summed E-state index contributed by atoms with van der Waals surface area (Å²) in [6.45, 7) is 1.48. The Morgan fingerprint density at radius 1 is 1.53 bits per heavy atom. The van der Waals surface area contributed by atoms with E-state index in [0.717, 1.165) is 0 Å². The van der Waals surface area contributed by atoms with Crippen molar-refractivity contribution in [1.82, 2.24) is 4.98 Å². The van der Waals surface area contributed by atoms with E-state index in [1.54, 1.807) is 22.6 Å². The molecule has 0 aliphatic carbocycles. The van der Waals surface area contributed by atoms with Crippen LogP contribution in [0.4, 0.5) is 13.2 Å². The fraction of sp³-hybridized carbons (Fsp3) is 0.250. The van der Waals surface area contributed by atoms with E-state index >= 15 is 0 Å². The SMILES string of the molecule is Cc1cc(C=O)c(I)c(OC(F)(F)F)n1. The smallest absolute Gasteiger partial charge is 0.387 e. The molecule has 1 aromatic heterocycles. The van der Waals surface area contributed by atoms with Gasteiger partial charge in [-0.05, 0) is 35.6 Å². The number of halogens is 4. The van der Waals surface area contributed by atoms with Crippen molar-refractivity contribution in [1.29, 1.82) is 0 Å². The molecule has 3 nitrogen and oxygen atoms in total. The minimum atomic E-state index is -4.80. The third kappa shape index (κ3) is 3.33. The van der Waals surface area contributed by atoms with Crippen molar-refractivity contribution < 1.29 is 22.7 Å². The molecule has 7 heteroatoms. The van der Waals surface area contributed by atoms with Gasteiger partial charge in [-0.2, -0.15) is 0 Å². The van der Waals surface area contributed by atoms with Crippen LogP contribution in [0.2, 0.25) is 0 Å². The summed E-state index contributed by atoms with van der Waals surface area (Å²) in [4.78, 5) is 14.1. The third-order valence-electron chi connectivity index (χ3n) is 1.42. The average molecular weight is 331 g/mol. The number of carbonyl (C=O) groups excluding carboxylic acids is 1.